The summed E-state index contributed by atoms with van der Waals surface area (Å²) in [6.07, 6.45) is 4.60. The second kappa shape index (κ2) is 10.9. The van der Waals surface area contributed by atoms with Crippen molar-refractivity contribution < 1.29 is 22.6 Å². The van der Waals surface area contributed by atoms with Gasteiger partial charge >= 0.3 is 6.18 Å². The number of alkyl halides is 3. The zero-order chi connectivity index (χ0) is 28.6. The topological polar surface area (TPSA) is 111 Å². The number of anilines is 1. The lowest BCUT2D eigenvalue weighted by atomic mass is 9.97. The fraction of sp³-hybridized carbons (Fsp3) is 0.357. The van der Waals surface area contributed by atoms with Crippen LogP contribution in [0.2, 0.25) is 0 Å². The molecule has 6 heterocycles. The van der Waals surface area contributed by atoms with Crippen LogP contribution in [0, 0.1) is 11.3 Å². The number of rotatable bonds is 7. The van der Waals surface area contributed by atoms with Crippen LogP contribution >= 0.6 is 0 Å². The maximum Gasteiger partial charge on any atom is 0.422 e. The Labute approximate surface area is 234 Å². The maximum absolute atomic E-state index is 12.8. The fourth-order valence-corrected chi connectivity index (χ4v) is 5.68. The summed E-state index contributed by atoms with van der Waals surface area (Å²) in [6, 6.07) is 8.16. The second-order valence-corrected chi connectivity index (χ2v) is 10.4. The molecule has 2 aromatic heterocycles. The number of allylic oxidation sites excluding steroid dienone is 2. The van der Waals surface area contributed by atoms with Crippen LogP contribution in [0.15, 0.2) is 71.1 Å². The predicted molar refractivity (Wildman–Crippen MR) is 147 cm³/mol. The smallest absolute Gasteiger partial charge is 0.422 e. The second-order valence-electron chi connectivity index (χ2n) is 10.4. The average Bonchev–Trinajstić information content (AvgIpc) is 3.52. The van der Waals surface area contributed by atoms with E-state index in [2.05, 4.69) is 30.6 Å². The van der Waals surface area contributed by atoms with Gasteiger partial charge in [0.05, 0.1) is 24.6 Å². The molecular formula is C28H29F3N8O2. The summed E-state index contributed by atoms with van der Waals surface area (Å²) in [5.41, 5.74) is 5.95. The number of hydrazone groups is 1. The standard InChI is InChI=1S/C28H29F3N8O2/c1-40-25-5-2-17(8-34-25)12-38-13-18-6-20(38)15-39(14-18)24-4-3-19(9-33-24)22-7-21(41-16-28(29,30)31)10-35-26(22)23-11-36-37-27(23)32/h2-5,7-11,18,20,35H,6,12-16H2,1H3,(H2,32,37)/b26-23-. The normalized spacial score (nSPS) is 24.1. The van der Waals surface area contributed by atoms with Crippen molar-refractivity contribution in [2.45, 2.75) is 25.2 Å². The highest BCUT2D eigenvalue weighted by Gasteiger charge is 2.39. The van der Waals surface area contributed by atoms with Crippen LogP contribution in [-0.4, -0.2) is 72.5 Å². The summed E-state index contributed by atoms with van der Waals surface area (Å²) in [4.78, 5) is 13.9. The molecule has 2 unspecified atom stereocenters. The molecule has 0 radical (unpaired) electrons. The van der Waals surface area contributed by atoms with E-state index in [0.29, 0.717) is 40.2 Å². The number of hydrogen-bond donors (Lipinski definition) is 3. The summed E-state index contributed by atoms with van der Waals surface area (Å²) in [7, 11) is 1.61. The third-order valence-corrected chi connectivity index (χ3v) is 7.53. The summed E-state index contributed by atoms with van der Waals surface area (Å²) in [6.45, 7) is 2.18. The molecule has 0 aliphatic carbocycles. The highest BCUT2D eigenvalue weighted by Crippen LogP contribution is 2.34. The van der Waals surface area contributed by atoms with Crippen molar-refractivity contribution in [1.82, 2.24) is 25.6 Å². The minimum Gasteiger partial charge on any atom is -0.483 e. The van der Waals surface area contributed by atoms with Gasteiger partial charge in [-0.2, -0.15) is 18.3 Å². The highest BCUT2D eigenvalue weighted by molar-refractivity contribution is 6.19. The van der Waals surface area contributed by atoms with Crippen molar-refractivity contribution in [3.8, 4) is 5.88 Å². The van der Waals surface area contributed by atoms with E-state index in [1.165, 1.54) is 18.5 Å². The van der Waals surface area contributed by atoms with E-state index in [1.54, 1.807) is 13.3 Å². The first-order valence-corrected chi connectivity index (χ1v) is 13.2. The minimum absolute atomic E-state index is 0.0277. The summed E-state index contributed by atoms with van der Waals surface area (Å²) < 4.78 is 48.4. The molecule has 2 atom stereocenters. The third kappa shape index (κ3) is 5.89. The highest BCUT2D eigenvalue weighted by atomic mass is 19.4. The van der Waals surface area contributed by atoms with Crippen LogP contribution in [0.4, 0.5) is 19.0 Å². The first kappa shape index (κ1) is 26.8. The van der Waals surface area contributed by atoms with E-state index >= 15 is 0 Å². The van der Waals surface area contributed by atoms with Crippen molar-refractivity contribution in [2.24, 2.45) is 11.0 Å². The molecule has 4 aliphatic rings. The van der Waals surface area contributed by atoms with Gasteiger partial charge in [-0.1, -0.05) is 6.07 Å². The Morgan fingerprint density at radius 3 is 2.66 bits per heavy atom. The van der Waals surface area contributed by atoms with Gasteiger partial charge in [0, 0.05) is 68.0 Å². The van der Waals surface area contributed by atoms with E-state index in [-0.39, 0.29) is 11.6 Å². The van der Waals surface area contributed by atoms with Gasteiger partial charge in [-0.25, -0.2) is 9.97 Å². The fourth-order valence-electron chi connectivity index (χ4n) is 5.68. The summed E-state index contributed by atoms with van der Waals surface area (Å²) >= 11 is 0. The van der Waals surface area contributed by atoms with Crippen LogP contribution in [0.25, 0.3) is 5.57 Å². The number of pyridine rings is 2. The number of methoxy groups -OCH3 is 1. The molecule has 2 aromatic rings. The van der Waals surface area contributed by atoms with Gasteiger partial charge in [0.1, 0.15) is 17.4 Å². The molecular weight excluding hydrogens is 537 g/mol. The first-order chi connectivity index (χ1) is 19.8. The largest absolute Gasteiger partial charge is 0.483 e. The van der Waals surface area contributed by atoms with E-state index < -0.39 is 12.8 Å². The Kier molecular flexibility index (Phi) is 7.12. The van der Waals surface area contributed by atoms with E-state index in [9.17, 15) is 13.2 Å². The van der Waals surface area contributed by atoms with Crippen molar-refractivity contribution in [3.05, 3.63) is 77.1 Å². The number of fused-ring (bicyclic) bond motifs is 2. The lowest BCUT2D eigenvalue weighted by Gasteiger charge is -2.34. The van der Waals surface area contributed by atoms with E-state index in [4.69, 9.17) is 19.9 Å². The van der Waals surface area contributed by atoms with Crippen LogP contribution in [0.3, 0.4) is 0 Å². The average molecular weight is 567 g/mol. The van der Waals surface area contributed by atoms with Crippen molar-refractivity contribution in [1.29, 1.82) is 5.41 Å². The van der Waals surface area contributed by atoms with Gasteiger partial charge in [0.2, 0.25) is 5.88 Å². The van der Waals surface area contributed by atoms with Gasteiger partial charge < -0.3 is 19.7 Å². The maximum atomic E-state index is 12.8. The Morgan fingerprint density at radius 1 is 1.10 bits per heavy atom. The van der Waals surface area contributed by atoms with Crippen molar-refractivity contribution in [3.63, 3.8) is 0 Å². The number of dihydropyridines is 1. The lowest BCUT2D eigenvalue weighted by molar-refractivity contribution is -0.163. The van der Waals surface area contributed by atoms with Gasteiger partial charge in [0.25, 0.3) is 0 Å². The number of piperidine rings is 1. The number of amidine groups is 1. The molecule has 41 heavy (non-hydrogen) atoms. The molecule has 6 rings (SSSR count). The molecule has 214 valence electrons. The van der Waals surface area contributed by atoms with Crippen LogP contribution < -0.4 is 20.4 Å². The molecule has 13 heteroatoms. The number of halogens is 3. The zero-order valence-electron chi connectivity index (χ0n) is 22.3. The van der Waals surface area contributed by atoms with Crippen molar-refractivity contribution in [2.75, 3.05) is 38.3 Å². The molecule has 0 aromatic carbocycles. The van der Waals surface area contributed by atoms with Crippen molar-refractivity contribution >= 4 is 23.4 Å². The minimum atomic E-state index is -4.46. The number of nitrogens with one attached hydrogen (secondary N) is 3. The van der Waals surface area contributed by atoms with Gasteiger partial charge in [0.15, 0.2) is 6.61 Å². The number of hydrogen-bond acceptors (Lipinski definition) is 9. The number of nitrogens with zero attached hydrogens (tertiary/aromatic N) is 5. The van der Waals surface area contributed by atoms with E-state index in [0.717, 1.165) is 44.0 Å². The van der Waals surface area contributed by atoms with Crippen LogP contribution in [0.5, 0.6) is 5.88 Å². The monoisotopic (exact) mass is 566 g/mol. The van der Waals surface area contributed by atoms with Gasteiger partial charge in [-0.3, -0.25) is 15.7 Å². The Hall–Kier alpha value is -4.39. The van der Waals surface area contributed by atoms with Gasteiger partial charge in [-0.15, -0.1) is 0 Å². The molecule has 10 nitrogen and oxygen atoms in total. The molecule has 2 bridgehead atoms. The molecule has 0 spiro atoms. The molecule has 0 amide bonds. The molecule has 2 fully saturated rings. The Morgan fingerprint density at radius 2 is 1.98 bits per heavy atom. The third-order valence-electron chi connectivity index (χ3n) is 7.53. The number of ether oxygens (including phenoxy) is 2. The molecule has 0 saturated carbocycles. The van der Waals surface area contributed by atoms with E-state index in [1.807, 2.05) is 30.5 Å². The summed E-state index contributed by atoms with van der Waals surface area (Å²) in [5.74, 6) is 2.08. The first-order valence-electron chi connectivity index (χ1n) is 13.2. The lowest BCUT2D eigenvalue weighted by Crippen LogP contribution is -2.42. The van der Waals surface area contributed by atoms with Crippen LogP contribution in [-0.2, 0) is 11.3 Å². The molecule has 4 aliphatic heterocycles. The van der Waals surface area contributed by atoms with Gasteiger partial charge in [-0.05, 0) is 36.1 Å². The Balaban J connectivity index is 1.19. The summed E-state index contributed by atoms with van der Waals surface area (Å²) in [5, 5.41) is 15.0. The number of likely N-dealkylation sites (tertiary alicyclic amines) is 1. The molecule has 2 saturated heterocycles. The molecule has 3 N–H and O–H groups in total. The predicted octanol–water partition coefficient (Wildman–Crippen LogP) is 3.42. The SMILES string of the molecule is COc1ccc(CN2CC3CC2CN(c2ccc(C4=CC(OCC(F)(F)F)=CN/C4=C4/C=NNC4=N)cn2)C3)cn1. The quantitative estimate of drug-likeness (QED) is 0.468. The zero-order valence-corrected chi connectivity index (χ0v) is 22.3. The van der Waals surface area contributed by atoms with Crippen LogP contribution in [0.1, 0.15) is 17.5 Å². The Bertz CT molecular complexity index is 1430. The number of aromatic nitrogens is 2.